The number of hydrogen-bond donors (Lipinski definition) is 1. The lowest BCUT2D eigenvalue weighted by Gasteiger charge is -2.34. The number of nitrogens with zero attached hydrogens (tertiary/aromatic N) is 2. The minimum Gasteiger partial charge on any atom is -0.334 e. The Morgan fingerprint density at radius 3 is 2.32 bits per heavy atom. The van der Waals surface area contributed by atoms with Gasteiger partial charge in [-0.2, -0.15) is 13.2 Å². The topological polar surface area (TPSA) is 35.6 Å². The summed E-state index contributed by atoms with van der Waals surface area (Å²) in [5.41, 5.74) is 0.719. The fourth-order valence-electron chi connectivity index (χ4n) is 3.16. The van der Waals surface area contributed by atoms with Crippen LogP contribution in [0.25, 0.3) is 0 Å². The van der Waals surface area contributed by atoms with Crippen molar-refractivity contribution >= 4 is 17.6 Å². The van der Waals surface area contributed by atoms with Gasteiger partial charge in [0.15, 0.2) is 0 Å². The van der Waals surface area contributed by atoms with E-state index in [1.54, 1.807) is 4.90 Å². The minimum atomic E-state index is -4.47. The van der Waals surface area contributed by atoms with Crippen molar-refractivity contribution in [2.75, 3.05) is 26.2 Å². The Kier molecular flexibility index (Phi) is 6.46. The third-order valence-electron chi connectivity index (χ3n) is 4.64. The Balaban J connectivity index is 1.49. The summed E-state index contributed by atoms with van der Waals surface area (Å²) in [5.74, 6) is 0. The van der Waals surface area contributed by atoms with E-state index in [1.807, 2.05) is 18.2 Å². The summed E-state index contributed by atoms with van der Waals surface area (Å²) in [4.78, 5) is 16.3. The first kappa shape index (κ1) is 20.5. The molecule has 2 aromatic rings. The number of amides is 2. The molecule has 3 rings (SSSR count). The van der Waals surface area contributed by atoms with Crippen molar-refractivity contribution in [3.8, 4) is 0 Å². The van der Waals surface area contributed by atoms with Crippen LogP contribution in [0.15, 0.2) is 48.5 Å². The third-order valence-corrected chi connectivity index (χ3v) is 4.86. The van der Waals surface area contributed by atoms with Crippen molar-refractivity contribution in [1.29, 1.82) is 0 Å². The molecule has 2 aromatic carbocycles. The second kappa shape index (κ2) is 8.84. The van der Waals surface area contributed by atoms with Gasteiger partial charge in [0, 0.05) is 44.3 Å². The van der Waals surface area contributed by atoms with Gasteiger partial charge in [-0.1, -0.05) is 41.9 Å². The molecule has 0 radical (unpaired) electrons. The average Bonchev–Trinajstić information content (AvgIpc) is 2.66. The summed E-state index contributed by atoms with van der Waals surface area (Å²) in [5, 5.41) is 2.68. The van der Waals surface area contributed by atoms with E-state index in [9.17, 15) is 18.0 Å². The molecule has 1 N–H and O–H groups in total. The number of benzene rings is 2. The largest absolute Gasteiger partial charge is 0.416 e. The molecular formula is C20H21ClF3N3O. The van der Waals surface area contributed by atoms with Crippen LogP contribution >= 0.6 is 11.6 Å². The SMILES string of the molecule is O=C(NCc1cc(Cl)cc(C(F)(F)F)c1)N1CCN(Cc2ccccc2)CC1. The van der Waals surface area contributed by atoms with Gasteiger partial charge in [-0.25, -0.2) is 4.79 Å². The molecule has 2 amide bonds. The quantitative estimate of drug-likeness (QED) is 0.810. The molecule has 0 aromatic heterocycles. The summed E-state index contributed by atoms with van der Waals surface area (Å²) >= 11 is 5.77. The van der Waals surface area contributed by atoms with E-state index in [4.69, 9.17) is 11.6 Å². The molecule has 8 heteroatoms. The molecule has 0 atom stereocenters. The number of urea groups is 1. The lowest BCUT2D eigenvalue weighted by molar-refractivity contribution is -0.137. The lowest BCUT2D eigenvalue weighted by atomic mass is 10.1. The summed E-state index contributed by atoms with van der Waals surface area (Å²) < 4.78 is 38.6. The average molecular weight is 412 g/mol. The van der Waals surface area contributed by atoms with Crippen LogP contribution < -0.4 is 5.32 Å². The highest BCUT2D eigenvalue weighted by Gasteiger charge is 2.31. The maximum Gasteiger partial charge on any atom is 0.416 e. The van der Waals surface area contributed by atoms with Gasteiger partial charge < -0.3 is 10.2 Å². The van der Waals surface area contributed by atoms with Crippen LogP contribution in [0.2, 0.25) is 5.02 Å². The molecule has 28 heavy (non-hydrogen) atoms. The van der Waals surface area contributed by atoms with Crippen LogP contribution in [0.3, 0.4) is 0 Å². The maximum absolute atomic E-state index is 12.9. The molecular weight excluding hydrogens is 391 g/mol. The monoisotopic (exact) mass is 411 g/mol. The zero-order valence-corrected chi connectivity index (χ0v) is 15.9. The normalized spacial score (nSPS) is 15.5. The van der Waals surface area contributed by atoms with Crippen molar-refractivity contribution in [2.45, 2.75) is 19.3 Å². The number of carbonyl (C=O) groups is 1. The predicted octanol–water partition coefficient (Wildman–Crippen LogP) is 4.39. The fourth-order valence-corrected chi connectivity index (χ4v) is 3.41. The van der Waals surface area contributed by atoms with Crippen molar-refractivity contribution in [3.05, 3.63) is 70.2 Å². The smallest absolute Gasteiger partial charge is 0.334 e. The van der Waals surface area contributed by atoms with E-state index < -0.39 is 11.7 Å². The third kappa shape index (κ3) is 5.62. The van der Waals surface area contributed by atoms with E-state index in [1.165, 1.54) is 11.6 Å². The molecule has 1 aliphatic heterocycles. The molecule has 150 valence electrons. The molecule has 1 fully saturated rings. The summed E-state index contributed by atoms with van der Waals surface area (Å²) in [6, 6.07) is 13.1. The second-order valence-electron chi connectivity index (χ2n) is 6.75. The van der Waals surface area contributed by atoms with Gasteiger partial charge in [-0.15, -0.1) is 0 Å². The Morgan fingerprint density at radius 2 is 1.68 bits per heavy atom. The van der Waals surface area contributed by atoms with Crippen molar-refractivity contribution < 1.29 is 18.0 Å². The number of nitrogens with one attached hydrogen (secondary N) is 1. The highest BCUT2D eigenvalue weighted by molar-refractivity contribution is 6.30. The Morgan fingerprint density at radius 1 is 1.00 bits per heavy atom. The number of halogens is 4. The molecule has 1 saturated heterocycles. The molecule has 1 heterocycles. The molecule has 1 aliphatic rings. The summed E-state index contributed by atoms with van der Waals surface area (Å²) in [6.07, 6.45) is -4.47. The summed E-state index contributed by atoms with van der Waals surface area (Å²) in [7, 11) is 0. The Bertz CT molecular complexity index is 806. The zero-order chi connectivity index (χ0) is 20.1. The van der Waals surface area contributed by atoms with Gasteiger partial charge in [0.1, 0.15) is 0 Å². The highest BCUT2D eigenvalue weighted by atomic mass is 35.5. The zero-order valence-electron chi connectivity index (χ0n) is 15.2. The fraction of sp³-hybridized carbons (Fsp3) is 0.350. The number of alkyl halides is 3. The predicted molar refractivity (Wildman–Crippen MR) is 102 cm³/mol. The van der Waals surface area contributed by atoms with Crippen LogP contribution in [0.5, 0.6) is 0 Å². The van der Waals surface area contributed by atoms with Gasteiger partial charge in [-0.05, 0) is 29.3 Å². The van der Waals surface area contributed by atoms with E-state index in [2.05, 4.69) is 22.3 Å². The first-order valence-corrected chi connectivity index (χ1v) is 9.35. The summed E-state index contributed by atoms with van der Waals surface area (Å²) in [6.45, 7) is 3.46. The van der Waals surface area contributed by atoms with E-state index in [0.29, 0.717) is 18.7 Å². The van der Waals surface area contributed by atoms with Crippen LogP contribution in [-0.2, 0) is 19.3 Å². The number of carbonyl (C=O) groups excluding carboxylic acids is 1. The second-order valence-corrected chi connectivity index (χ2v) is 7.19. The Labute approximate surface area is 166 Å². The highest BCUT2D eigenvalue weighted by Crippen LogP contribution is 2.31. The van der Waals surface area contributed by atoms with Gasteiger partial charge >= 0.3 is 12.2 Å². The van der Waals surface area contributed by atoms with Crippen LogP contribution in [0.4, 0.5) is 18.0 Å². The van der Waals surface area contributed by atoms with Gasteiger partial charge in [-0.3, -0.25) is 4.90 Å². The standard InChI is InChI=1S/C20H21ClF3N3O/c21-18-11-16(10-17(12-18)20(22,23)24)13-25-19(28)27-8-6-26(7-9-27)14-15-4-2-1-3-5-15/h1-5,10-12H,6-9,13-14H2,(H,25,28). The number of piperazine rings is 1. The maximum atomic E-state index is 12.9. The molecule has 0 bridgehead atoms. The lowest BCUT2D eigenvalue weighted by Crippen LogP contribution is -2.51. The van der Waals surface area contributed by atoms with Crippen LogP contribution in [-0.4, -0.2) is 42.0 Å². The van der Waals surface area contributed by atoms with E-state index in [-0.39, 0.29) is 17.6 Å². The number of hydrogen-bond acceptors (Lipinski definition) is 2. The van der Waals surface area contributed by atoms with E-state index in [0.717, 1.165) is 31.8 Å². The van der Waals surface area contributed by atoms with Crippen LogP contribution in [0, 0.1) is 0 Å². The molecule has 0 unspecified atom stereocenters. The molecule has 0 aliphatic carbocycles. The van der Waals surface area contributed by atoms with Crippen molar-refractivity contribution in [3.63, 3.8) is 0 Å². The first-order valence-electron chi connectivity index (χ1n) is 8.97. The van der Waals surface area contributed by atoms with E-state index >= 15 is 0 Å². The Hall–Kier alpha value is -2.25. The van der Waals surface area contributed by atoms with Crippen molar-refractivity contribution in [1.82, 2.24) is 15.1 Å². The van der Waals surface area contributed by atoms with Crippen LogP contribution in [0.1, 0.15) is 16.7 Å². The number of rotatable bonds is 4. The molecule has 0 spiro atoms. The van der Waals surface area contributed by atoms with Gasteiger partial charge in [0.2, 0.25) is 0 Å². The minimum absolute atomic E-state index is 0.00593. The molecule has 4 nitrogen and oxygen atoms in total. The van der Waals surface area contributed by atoms with Gasteiger partial charge in [0.25, 0.3) is 0 Å². The van der Waals surface area contributed by atoms with Gasteiger partial charge in [0.05, 0.1) is 5.56 Å². The van der Waals surface area contributed by atoms with Crippen molar-refractivity contribution in [2.24, 2.45) is 0 Å². The molecule has 0 saturated carbocycles. The first-order chi connectivity index (χ1) is 13.3.